The number of nitrogens with zero attached hydrogens (tertiary/aromatic N) is 1. The van der Waals surface area contributed by atoms with Gasteiger partial charge in [-0.15, -0.1) is 0 Å². The van der Waals surface area contributed by atoms with E-state index in [2.05, 4.69) is 41.6 Å². The van der Waals surface area contributed by atoms with Gasteiger partial charge in [-0.05, 0) is 28.1 Å². The Morgan fingerprint density at radius 1 is 1.62 bits per heavy atom. The predicted octanol–water partition coefficient (Wildman–Crippen LogP) is 2.53. The number of methoxy groups -OCH3 is 1. The second-order valence-electron chi connectivity index (χ2n) is 2.30. The van der Waals surface area contributed by atoms with Crippen molar-refractivity contribution in [1.82, 2.24) is 4.98 Å². The number of aromatic nitrogens is 1. The summed E-state index contributed by atoms with van der Waals surface area (Å²) in [7, 11) is 1.35. The predicted molar refractivity (Wildman–Crippen MR) is 55.9 cm³/mol. The Morgan fingerprint density at radius 3 is 2.85 bits per heavy atom. The molecule has 0 spiro atoms. The van der Waals surface area contributed by atoms with E-state index in [1.807, 2.05) is 0 Å². The van der Waals surface area contributed by atoms with Crippen LogP contribution in [-0.2, 0) is 10.1 Å². The second kappa shape index (κ2) is 4.72. The van der Waals surface area contributed by atoms with Gasteiger partial charge in [0.25, 0.3) is 0 Å². The van der Waals surface area contributed by atoms with Crippen LogP contribution in [0, 0.1) is 0 Å². The van der Waals surface area contributed by atoms with Crippen molar-refractivity contribution in [2.75, 3.05) is 7.11 Å². The van der Waals surface area contributed by atoms with E-state index in [9.17, 15) is 4.79 Å². The van der Waals surface area contributed by atoms with Gasteiger partial charge in [0, 0.05) is 5.33 Å². The Hall–Kier alpha value is -0.420. The van der Waals surface area contributed by atoms with Gasteiger partial charge < -0.3 is 4.74 Å². The minimum atomic E-state index is -0.356. The van der Waals surface area contributed by atoms with E-state index >= 15 is 0 Å². The number of rotatable bonds is 2. The molecular formula is C8H7Br2NO2. The van der Waals surface area contributed by atoms with E-state index in [-0.39, 0.29) is 5.97 Å². The first-order valence-electron chi connectivity index (χ1n) is 3.48. The number of halogens is 2. The Bertz CT molecular complexity index is 328. The van der Waals surface area contributed by atoms with Crippen molar-refractivity contribution in [3.8, 4) is 0 Å². The molecule has 0 N–H and O–H groups in total. The molecule has 3 nitrogen and oxygen atoms in total. The van der Waals surface area contributed by atoms with E-state index in [4.69, 9.17) is 0 Å². The third-order valence-corrected chi connectivity index (χ3v) is 2.39. The molecule has 1 aromatic rings. The average Bonchev–Trinajstić information content (AvgIpc) is 2.15. The highest BCUT2D eigenvalue weighted by Gasteiger charge is 2.07. The SMILES string of the molecule is COC(=O)c1cc(Br)nc(CBr)c1. The average molecular weight is 309 g/mol. The zero-order valence-corrected chi connectivity index (χ0v) is 10.1. The molecule has 5 heteroatoms. The van der Waals surface area contributed by atoms with Gasteiger partial charge in [0.1, 0.15) is 4.60 Å². The Morgan fingerprint density at radius 2 is 2.31 bits per heavy atom. The van der Waals surface area contributed by atoms with Crippen LogP contribution in [0.15, 0.2) is 16.7 Å². The molecule has 0 bridgehead atoms. The Kier molecular flexibility index (Phi) is 3.87. The fourth-order valence-corrected chi connectivity index (χ4v) is 1.62. The van der Waals surface area contributed by atoms with Crippen LogP contribution >= 0.6 is 31.9 Å². The molecule has 70 valence electrons. The van der Waals surface area contributed by atoms with Crippen LogP contribution in [0.25, 0.3) is 0 Å². The number of ether oxygens (including phenoxy) is 1. The van der Waals surface area contributed by atoms with Crippen LogP contribution in [0.4, 0.5) is 0 Å². The van der Waals surface area contributed by atoms with E-state index in [1.54, 1.807) is 12.1 Å². The normalized spacial score (nSPS) is 9.77. The van der Waals surface area contributed by atoms with Crippen molar-refractivity contribution < 1.29 is 9.53 Å². The fraction of sp³-hybridized carbons (Fsp3) is 0.250. The summed E-state index contributed by atoms with van der Waals surface area (Å²) in [5, 5.41) is 0.608. The summed E-state index contributed by atoms with van der Waals surface area (Å²) in [5.74, 6) is -0.356. The topological polar surface area (TPSA) is 39.2 Å². The molecule has 1 aromatic heterocycles. The summed E-state index contributed by atoms with van der Waals surface area (Å²) in [6, 6.07) is 3.31. The van der Waals surface area contributed by atoms with Gasteiger partial charge in [0.2, 0.25) is 0 Å². The maximum atomic E-state index is 11.1. The summed E-state index contributed by atoms with van der Waals surface area (Å²) in [6.07, 6.45) is 0. The summed E-state index contributed by atoms with van der Waals surface area (Å²) >= 11 is 6.47. The standard InChI is InChI=1S/C8H7Br2NO2/c1-13-8(12)5-2-6(4-9)11-7(10)3-5/h2-3H,4H2,1H3. The zero-order chi connectivity index (χ0) is 9.84. The molecule has 0 radical (unpaired) electrons. The van der Waals surface area contributed by atoms with Crippen LogP contribution in [0.1, 0.15) is 16.1 Å². The minimum Gasteiger partial charge on any atom is -0.465 e. The van der Waals surface area contributed by atoms with Gasteiger partial charge in [0.15, 0.2) is 0 Å². The van der Waals surface area contributed by atoms with E-state index in [1.165, 1.54) is 7.11 Å². The zero-order valence-electron chi connectivity index (χ0n) is 6.88. The Labute approximate surface area is 92.8 Å². The van der Waals surface area contributed by atoms with Gasteiger partial charge in [-0.25, -0.2) is 9.78 Å². The molecule has 0 saturated heterocycles. The van der Waals surface area contributed by atoms with E-state index in [0.29, 0.717) is 15.5 Å². The first-order chi connectivity index (χ1) is 6.17. The fourth-order valence-electron chi connectivity index (χ4n) is 0.855. The number of alkyl halides is 1. The first kappa shape index (κ1) is 10.7. The lowest BCUT2D eigenvalue weighted by Gasteiger charge is -2.01. The third kappa shape index (κ3) is 2.77. The third-order valence-electron chi connectivity index (χ3n) is 1.41. The van der Waals surface area contributed by atoms with E-state index in [0.717, 1.165) is 5.69 Å². The second-order valence-corrected chi connectivity index (χ2v) is 3.67. The molecule has 0 aliphatic heterocycles. The highest BCUT2D eigenvalue weighted by molar-refractivity contribution is 9.10. The number of carbonyl (C=O) groups excluding carboxylic acids is 1. The number of carbonyl (C=O) groups is 1. The molecular weight excluding hydrogens is 302 g/mol. The lowest BCUT2D eigenvalue weighted by molar-refractivity contribution is 0.0600. The van der Waals surface area contributed by atoms with Crippen LogP contribution in [-0.4, -0.2) is 18.1 Å². The maximum Gasteiger partial charge on any atom is 0.338 e. The van der Waals surface area contributed by atoms with Crippen molar-refractivity contribution in [3.63, 3.8) is 0 Å². The van der Waals surface area contributed by atoms with E-state index < -0.39 is 0 Å². The number of hydrogen-bond acceptors (Lipinski definition) is 3. The molecule has 0 fully saturated rings. The molecule has 13 heavy (non-hydrogen) atoms. The van der Waals surface area contributed by atoms with Crippen molar-refractivity contribution in [2.24, 2.45) is 0 Å². The molecule has 1 rings (SSSR count). The van der Waals surface area contributed by atoms with Crippen molar-refractivity contribution in [3.05, 3.63) is 28.0 Å². The summed E-state index contributed by atoms with van der Waals surface area (Å²) in [4.78, 5) is 15.3. The first-order valence-corrected chi connectivity index (χ1v) is 5.39. The number of hydrogen-bond donors (Lipinski definition) is 0. The van der Waals surface area contributed by atoms with Crippen LogP contribution in [0.3, 0.4) is 0 Å². The van der Waals surface area contributed by atoms with Gasteiger partial charge in [-0.1, -0.05) is 15.9 Å². The van der Waals surface area contributed by atoms with Crippen molar-refractivity contribution in [2.45, 2.75) is 5.33 Å². The quantitative estimate of drug-likeness (QED) is 0.479. The van der Waals surface area contributed by atoms with Crippen molar-refractivity contribution >= 4 is 37.8 Å². The smallest absolute Gasteiger partial charge is 0.338 e. The molecule has 0 atom stereocenters. The highest BCUT2D eigenvalue weighted by Crippen LogP contribution is 2.14. The molecule has 0 amide bonds. The molecule has 1 heterocycles. The molecule has 0 aliphatic carbocycles. The van der Waals surface area contributed by atoms with Gasteiger partial charge in [-0.3, -0.25) is 0 Å². The molecule has 0 saturated carbocycles. The highest BCUT2D eigenvalue weighted by atomic mass is 79.9. The lowest BCUT2D eigenvalue weighted by Crippen LogP contribution is -2.02. The molecule has 0 unspecified atom stereocenters. The van der Waals surface area contributed by atoms with Gasteiger partial charge in [-0.2, -0.15) is 0 Å². The van der Waals surface area contributed by atoms with Crippen molar-refractivity contribution in [1.29, 1.82) is 0 Å². The lowest BCUT2D eigenvalue weighted by atomic mass is 10.2. The summed E-state index contributed by atoms with van der Waals surface area (Å²) in [6.45, 7) is 0. The largest absolute Gasteiger partial charge is 0.465 e. The number of pyridine rings is 1. The monoisotopic (exact) mass is 307 g/mol. The minimum absolute atomic E-state index is 0.356. The van der Waals surface area contributed by atoms with Crippen LogP contribution in [0.2, 0.25) is 0 Å². The summed E-state index contributed by atoms with van der Waals surface area (Å²) < 4.78 is 5.22. The molecule has 0 aromatic carbocycles. The van der Waals surface area contributed by atoms with Crippen LogP contribution in [0.5, 0.6) is 0 Å². The van der Waals surface area contributed by atoms with Crippen LogP contribution < -0.4 is 0 Å². The van der Waals surface area contributed by atoms with Gasteiger partial charge >= 0.3 is 5.97 Å². The Balaban J connectivity index is 3.08. The number of esters is 1. The van der Waals surface area contributed by atoms with Gasteiger partial charge in [0.05, 0.1) is 18.4 Å². The summed E-state index contributed by atoms with van der Waals surface area (Å²) in [5.41, 5.74) is 1.29. The maximum absolute atomic E-state index is 11.1. The molecule has 0 aliphatic rings.